The fourth-order valence-electron chi connectivity index (χ4n) is 3.10. The van der Waals surface area contributed by atoms with Gasteiger partial charge >= 0.3 is 0 Å². The molecule has 0 spiro atoms. The molecular formula is C16H22N2O2. The van der Waals surface area contributed by atoms with Crippen LogP contribution in [0.2, 0.25) is 0 Å². The van der Waals surface area contributed by atoms with Crippen molar-refractivity contribution in [1.82, 2.24) is 10.2 Å². The molecule has 0 radical (unpaired) electrons. The van der Waals surface area contributed by atoms with Gasteiger partial charge in [0.15, 0.2) is 0 Å². The van der Waals surface area contributed by atoms with Crippen molar-refractivity contribution in [1.29, 1.82) is 0 Å². The monoisotopic (exact) mass is 274 g/mol. The zero-order valence-electron chi connectivity index (χ0n) is 11.8. The van der Waals surface area contributed by atoms with Gasteiger partial charge in [-0.2, -0.15) is 0 Å². The molecule has 4 nitrogen and oxygen atoms in total. The maximum absolute atomic E-state index is 12.0. The van der Waals surface area contributed by atoms with Gasteiger partial charge in [-0.25, -0.2) is 0 Å². The van der Waals surface area contributed by atoms with Crippen LogP contribution in [0.5, 0.6) is 0 Å². The number of ether oxygens (including phenoxy) is 1. The zero-order valence-corrected chi connectivity index (χ0v) is 11.8. The number of carbonyl (C=O) groups excluding carboxylic acids is 1. The minimum Gasteiger partial charge on any atom is -0.376 e. The summed E-state index contributed by atoms with van der Waals surface area (Å²) in [4.78, 5) is 13.9. The SMILES string of the molecule is O=C1CNC(c2ccccc2)N1CCOC1CCCC1. The van der Waals surface area contributed by atoms with E-state index in [0.717, 1.165) is 5.56 Å². The van der Waals surface area contributed by atoms with Gasteiger partial charge in [-0.1, -0.05) is 43.2 Å². The molecule has 1 aromatic carbocycles. The lowest BCUT2D eigenvalue weighted by molar-refractivity contribution is -0.129. The highest BCUT2D eigenvalue weighted by atomic mass is 16.5. The van der Waals surface area contributed by atoms with Gasteiger partial charge in [-0.3, -0.25) is 10.1 Å². The molecule has 1 saturated carbocycles. The van der Waals surface area contributed by atoms with Crippen LogP contribution in [0.1, 0.15) is 37.4 Å². The molecule has 1 unspecified atom stereocenters. The number of rotatable bonds is 5. The van der Waals surface area contributed by atoms with E-state index in [0.29, 0.717) is 25.8 Å². The van der Waals surface area contributed by atoms with E-state index >= 15 is 0 Å². The van der Waals surface area contributed by atoms with Gasteiger partial charge in [-0.15, -0.1) is 0 Å². The van der Waals surface area contributed by atoms with Gasteiger partial charge < -0.3 is 9.64 Å². The molecule has 20 heavy (non-hydrogen) atoms. The first-order chi connectivity index (χ1) is 9.84. The molecule has 1 atom stereocenters. The van der Waals surface area contributed by atoms with Gasteiger partial charge in [0, 0.05) is 6.54 Å². The van der Waals surface area contributed by atoms with Crippen molar-refractivity contribution in [2.45, 2.75) is 38.0 Å². The van der Waals surface area contributed by atoms with E-state index in [4.69, 9.17) is 4.74 Å². The van der Waals surface area contributed by atoms with Crippen molar-refractivity contribution in [3.05, 3.63) is 35.9 Å². The number of amides is 1. The van der Waals surface area contributed by atoms with Crippen LogP contribution < -0.4 is 5.32 Å². The summed E-state index contributed by atoms with van der Waals surface area (Å²) in [6, 6.07) is 10.1. The lowest BCUT2D eigenvalue weighted by Crippen LogP contribution is -2.34. The average molecular weight is 274 g/mol. The molecule has 1 aliphatic carbocycles. The van der Waals surface area contributed by atoms with E-state index in [-0.39, 0.29) is 12.1 Å². The Bertz CT molecular complexity index is 443. The Kier molecular flexibility index (Phi) is 4.33. The molecule has 1 heterocycles. The molecule has 108 valence electrons. The van der Waals surface area contributed by atoms with E-state index < -0.39 is 0 Å². The minimum atomic E-state index is -0.00382. The molecule has 2 fully saturated rings. The Balaban J connectivity index is 1.56. The predicted molar refractivity (Wildman–Crippen MR) is 77.1 cm³/mol. The molecule has 2 aliphatic rings. The van der Waals surface area contributed by atoms with Gasteiger partial charge in [0.25, 0.3) is 0 Å². The predicted octanol–water partition coefficient (Wildman–Crippen LogP) is 2.08. The standard InChI is InChI=1S/C16H22N2O2/c19-15-12-17-16(13-6-2-1-3-7-13)18(15)10-11-20-14-8-4-5-9-14/h1-3,6-7,14,16-17H,4-5,8-12H2. The summed E-state index contributed by atoms with van der Waals surface area (Å²) in [6.07, 6.45) is 5.32. The maximum atomic E-state index is 12.0. The number of carbonyl (C=O) groups is 1. The first-order valence-electron chi connectivity index (χ1n) is 7.54. The lowest BCUT2D eigenvalue weighted by Gasteiger charge is -2.25. The molecule has 1 saturated heterocycles. The summed E-state index contributed by atoms with van der Waals surface area (Å²) in [7, 11) is 0. The fraction of sp³-hybridized carbons (Fsp3) is 0.562. The second kappa shape index (κ2) is 6.37. The van der Waals surface area contributed by atoms with E-state index in [2.05, 4.69) is 17.4 Å². The second-order valence-electron chi connectivity index (χ2n) is 5.56. The third-order valence-corrected chi connectivity index (χ3v) is 4.18. The van der Waals surface area contributed by atoms with E-state index in [1.54, 1.807) is 0 Å². The number of benzene rings is 1. The number of hydrogen-bond acceptors (Lipinski definition) is 3. The number of hydrogen-bond donors (Lipinski definition) is 1. The molecule has 1 aromatic rings. The van der Waals surface area contributed by atoms with Crippen LogP contribution in [0.25, 0.3) is 0 Å². The van der Waals surface area contributed by atoms with E-state index in [9.17, 15) is 4.79 Å². The number of nitrogens with zero attached hydrogens (tertiary/aromatic N) is 1. The Hall–Kier alpha value is -1.39. The van der Waals surface area contributed by atoms with Crippen LogP contribution in [-0.4, -0.2) is 36.6 Å². The molecule has 4 heteroatoms. The molecule has 3 rings (SSSR count). The summed E-state index contributed by atoms with van der Waals surface area (Å²) in [5.41, 5.74) is 1.14. The van der Waals surface area contributed by atoms with E-state index in [1.165, 1.54) is 25.7 Å². The molecular weight excluding hydrogens is 252 g/mol. The minimum absolute atomic E-state index is 0.00382. The summed E-state index contributed by atoms with van der Waals surface area (Å²) >= 11 is 0. The maximum Gasteiger partial charge on any atom is 0.238 e. The third-order valence-electron chi connectivity index (χ3n) is 4.18. The normalized spacial score (nSPS) is 23.7. The topological polar surface area (TPSA) is 41.6 Å². The average Bonchev–Trinajstić information content (AvgIpc) is 3.11. The van der Waals surface area contributed by atoms with Crippen LogP contribution in [0.4, 0.5) is 0 Å². The lowest BCUT2D eigenvalue weighted by atomic mass is 10.1. The zero-order chi connectivity index (χ0) is 13.8. The summed E-state index contributed by atoms with van der Waals surface area (Å²) in [5.74, 6) is 0.161. The van der Waals surface area contributed by atoms with Crippen LogP contribution in [0.15, 0.2) is 30.3 Å². The molecule has 0 bridgehead atoms. The fourth-order valence-corrected chi connectivity index (χ4v) is 3.10. The van der Waals surface area contributed by atoms with Gasteiger partial charge in [0.05, 0.1) is 19.3 Å². The Morgan fingerprint density at radius 2 is 1.95 bits per heavy atom. The second-order valence-corrected chi connectivity index (χ2v) is 5.56. The van der Waals surface area contributed by atoms with Gasteiger partial charge in [0.1, 0.15) is 6.17 Å². The van der Waals surface area contributed by atoms with Crippen molar-refractivity contribution in [3.63, 3.8) is 0 Å². The highest BCUT2D eigenvalue weighted by molar-refractivity contribution is 5.80. The molecule has 1 amide bonds. The quantitative estimate of drug-likeness (QED) is 0.894. The van der Waals surface area contributed by atoms with Crippen molar-refractivity contribution in [2.75, 3.05) is 19.7 Å². The van der Waals surface area contributed by atoms with Crippen molar-refractivity contribution < 1.29 is 9.53 Å². The highest BCUT2D eigenvalue weighted by Crippen LogP contribution is 2.23. The number of nitrogens with one attached hydrogen (secondary N) is 1. The van der Waals surface area contributed by atoms with Crippen LogP contribution in [0.3, 0.4) is 0 Å². The summed E-state index contributed by atoms with van der Waals surface area (Å²) < 4.78 is 5.88. The largest absolute Gasteiger partial charge is 0.376 e. The van der Waals surface area contributed by atoms with Gasteiger partial charge in [-0.05, 0) is 18.4 Å². The van der Waals surface area contributed by atoms with Gasteiger partial charge in [0.2, 0.25) is 5.91 Å². The highest BCUT2D eigenvalue weighted by Gasteiger charge is 2.31. The Morgan fingerprint density at radius 1 is 1.20 bits per heavy atom. The van der Waals surface area contributed by atoms with Crippen molar-refractivity contribution >= 4 is 5.91 Å². The smallest absolute Gasteiger partial charge is 0.238 e. The molecule has 1 N–H and O–H groups in total. The first kappa shape index (κ1) is 13.6. The summed E-state index contributed by atoms with van der Waals surface area (Å²) in [5, 5.41) is 3.27. The Morgan fingerprint density at radius 3 is 2.70 bits per heavy atom. The van der Waals surface area contributed by atoms with Crippen LogP contribution >= 0.6 is 0 Å². The molecule has 1 aliphatic heterocycles. The van der Waals surface area contributed by atoms with E-state index in [1.807, 2.05) is 23.1 Å². The van der Waals surface area contributed by atoms with Crippen molar-refractivity contribution in [2.24, 2.45) is 0 Å². The molecule has 0 aromatic heterocycles. The van der Waals surface area contributed by atoms with Crippen LogP contribution in [-0.2, 0) is 9.53 Å². The third kappa shape index (κ3) is 3.02. The van der Waals surface area contributed by atoms with Crippen LogP contribution in [0, 0.1) is 0 Å². The van der Waals surface area contributed by atoms with Crippen molar-refractivity contribution in [3.8, 4) is 0 Å². The summed E-state index contributed by atoms with van der Waals surface area (Å²) in [6.45, 7) is 1.73. The first-order valence-corrected chi connectivity index (χ1v) is 7.54. The Labute approximate surface area is 120 Å².